The largest absolute Gasteiger partial charge is 0.377 e. The predicted octanol–water partition coefficient (Wildman–Crippen LogP) is 1.09. The Balaban J connectivity index is 1.66. The summed E-state index contributed by atoms with van der Waals surface area (Å²) in [6.45, 7) is 1.70. The SMILES string of the molecule is O=S(C[C@H]1CCCO1)C[C@@H]1CCCO1. The second-order valence-electron chi connectivity index (χ2n) is 4.04. The Kier molecular flexibility index (Phi) is 3.96. The van der Waals surface area contributed by atoms with Crippen LogP contribution in [0.25, 0.3) is 0 Å². The van der Waals surface area contributed by atoms with E-state index in [1.165, 1.54) is 0 Å². The van der Waals surface area contributed by atoms with Crippen LogP contribution in [0.1, 0.15) is 25.7 Å². The van der Waals surface area contributed by atoms with E-state index < -0.39 is 10.8 Å². The number of rotatable bonds is 4. The van der Waals surface area contributed by atoms with Crippen LogP contribution >= 0.6 is 0 Å². The van der Waals surface area contributed by atoms with Crippen molar-refractivity contribution in [1.82, 2.24) is 0 Å². The molecule has 2 fully saturated rings. The first-order valence-electron chi connectivity index (χ1n) is 5.43. The first kappa shape index (κ1) is 10.6. The minimum absolute atomic E-state index is 0.247. The first-order valence-corrected chi connectivity index (χ1v) is 6.91. The summed E-state index contributed by atoms with van der Waals surface area (Å²) in [5.41, 5.74) is 0. The first-order chi connectivity index (χ1) is 6.84. The molecule has 3 nitrogen and oxygen atoms in total. The van der Waals surface area contributed by atoms with Gasteiger partial charge < -0.3 is 9.47 Å². The van der Waals surface area contributed by atoms with Gasteiger partial charge in [-0.1, -0.05) is 0 Å². The van der Waals surface area contributed by atoms with Crippen molar-refractivity contribution in [2.24, 2.45) is 0 Å². The van der Waals surface area contributed by atoms with Crippen molar-refractivity contribution in [3.05, 3.63) is 0 Å². The Morgan fingerprint density at radius 1 is 1.00 bits per heavy atom. The average Bonchev–Trinajstić information content (AvgIpc) is 2.76. The summed E-state index contributed by atoms with van der Waals surface area (Å²) in [7, 11) is -0.750. The molecular formula is C10H18O3S. The molecule has 0 aromatic heterocycles. The second-order valence-corrected chi connectivity index (χ2v) is 5.59. The summed E-state index contributed by atoms with van der Waals surface area (Å²) < 4.78 is 22.6. The monoisotopic (exact) mass is 218 g/mol. The molecule has 2 heterocycles. The fraction of sp³-hybridized carbons (Fsp3) is 1.00. The van der Waals surface area contributed by atoms with Gasteiger partial charge in [0.2, 0.25) is 0 Å². The average molecular weight is 218 g/mol. The number of ether oxygens (including phenoxy) is 2. The van der Waals surface area contributed by atoms with Crippen molar-refractivity contribution in [1.29, 1.82) is 0 Å². The van der Waals surface area contributed by atoms with Crippen LogP contribution in [-0.2, 0) is 20.3 Å². The van der Waals surface area contributed by atoms with Crippen molar-refractivity contribution < 1.29 is 13.7 Å². The molecule has 0 saturated carbocycles. The van der Waals surface area contributed by atoms with Gasteiger partial charge in [0.05, 0.1) is 12.2 Å². The van der Waals surface area contributed by atoms with Crippen LogP contribution in [0, 0.1) is 0 Å². The van der Waals surface area contributed by atoms with Gasteiger partial charge in [-0.05, 0) is 25.7 Å². The highest BCUT2D eigenvalue weighted by atomic mass is 32.2. The van der Waals surface area contributed by atoms with E-state index in [0.717, 1.165) is 38.9 Å². The maximum Gasteiger partial charge on any atom is 0.0691 e. The summed E-state index contributed by atoms with van der Waals surface area (Å²) in [5, 5.41) is 0. The highest BCUT2D eigenvalue weighted by Crippen LogP contribution is 2.16. The van der Waals surface area contributed by atoms with Gasteiger partial charge in [-0.2, -0.15) is 0 Å². The molecule has 3 atom stereocenters. The molecule has 0 aromatic rings. The Hall–Kier alpha value is 0.0700. The van der Waals surface area contributed by atoms with E-state index in [-0.39, 0.29) is 12.2 Å². The third-order valence-corrected chi connectivity index (χ3v) is 4.28. The summed E-state index contributed by atoms with van der Waals surface area (Å²) in [4.78, 5) is 0. The molecule has 0 amide bonds. The Morgan fingerprint density at radius 3 is 1.86 bits per heavy atom. The molecule has 2 aliphatic rings. The van der Waals surface area contributed by atoms with Gasteiger partial charge in [0.25, 0.3) is 0 Å². The van der Waals surface area contributed by atoms with Crippen molar-refractivity contribution >= 4 is 10.8 Å². The van der Waals surface area contributed by atoms with E-state index in [4.69, 9.17) is 9.47 Å². The third kappa shape index (κ3) is 3.04. The maximum absolute atomic E-state index is 11.7. The molecule has 4 heteroatoms. The van der Waals surface area contributed by atoms with Crippen LogP contribution < -0.4 is 0 Å². The van der Waals surface area contributed by atoms with Crippen LogP contribution in [-0.4, -0.2) is 41.1 Å². The Morgan fingerprint density at radius 2 is 1.50 bits per heavy atom. The number of hydrogen-bond acceptors (Lipinski definition) is 3. The molecule has 0 radical (unpaired) electrons. The van der Waals surface area contributed by atoms with E-state index in [2.05, 4.69) is 0 Å². The third-order valence-electron chi connectivity index (χ3n) is 2.79. The van der Waals surface area contributed by atoms with Crippen LogP contribution in [0.15, 0.2) is 0 Å². The standard InChI is InChI=1S/C10H18O3S/c11-14(7-9-3-1-5-12-9)8-10-4-2-6-13-10/h9-10H,1-8H2/t9-,10+,14?. The van der Waals surface area contributed by atoms with Crippen molar-refractivity contribution in [2.75, 3.05) is 24.7 Å². The molecule has 1 unspecified atom stereocenters. The smallest absolute Gasteiger partial charge is 0.0691 e. The molecule has 0 spiro atoms. The lowest BCUT2D eigenvalue weighted by Gasteiger charge is -2.11. The van der Waals surface area contributed by atoms with Gasteiger partial charge in [-0.3, -0.25) is 4.21 Å². The van der Waals surface area contributed by atoms with Gasteiger partial charge in [0.1, 0.15) is 0 Å². The van der Waals surface area contributed by atoms with Crippen LogP contribution in [0.4, 0.5) is 0 Å². The highest BCUT2D eigenvalue weighted by Gasteiger charge is 2.22. The van der Waals surface area contributed by atoms with Crippen LogP contribution in [0.2, 0.25) is 0 Å². The van der Waals surface area contributed by atoms with E-state index >= 15 is 0 Å². The van der Waals surface area contributed by atoms with Crippen LogP contribution in [0.3, 0.4) is 0 Å². The lowest BCUT2D eigenvalue weighted by Crippen LogP contribution is -2.23. The van der Waals surface area contributed by atoms with Gasteiger partial charge in [0, 0.05) is 35.5 Å². The molecular weight excluding hydrogens is 200 g/mol. The topological polar surface area (TPSA) is 35.5 Å². The molecule has 0 N–H and O–H groups in total. The zero-order valence-corrected chi connectivity index (χ0v) is 9.26. The number of hydrogen-bond donors (Lipinski definition) is 0. The van der Waals surface area contributed by atoms with Gasteiger partial charge in [0.15, 0.2) is 0 Å². The van der Waals surface area contributed by atoms with E-state index in [1.54, 1.807) is 0 Å². The molecule has 82 valence electrons. The summed E-state index contributed by atoms with van der Waals surface area (Å²) in [5.74, 6) is 1.42. The summed E-state index contributed by atoms with van der Waals surface area (Å²) >= 11 is 0. The minimum Gasteiger partial charge on any atom is -0.377 e. The van der Waals surface area contributed by atoms with E-state index in [1.807, 2.05) is 0 Å². The zero-order valence-electron chi connectivity index (χ0n) is 8.44. The summed E-state index contributed by atoms with van der Waals surface area (Å²) in [6, 6.07) is 0. The molecule has 2 aliphatic heterocycles. The minimum atomic E-state index is -0.750. The fourth-order valence-corrected chi connectivity index (χ4v) is 3.53. The fourth-order valence-electron chi connectivity index (χ4n) is 2.03. The van der Waals surface area contributed by atoms with Gasteiger partial charge in [-0.15, -0.1) is 0 Å². The molecule has 2 rings (SSSR count). The maximum atomic E-state index is 11.7. The molecule has 14 heavy (non-hydrogen) atoms. The van der Waals surface area contributed by atoms with Gasteiger partial charge >= 0.3 is 0 Å². The normalized spacial score (nSPS) is 34.9. The lowest BCUT2D eigenvalue weighted by atomic mass is 10.3. The van der Waals surface area contributed by atoms with Crippen LogP contribution in [0.5, 0.6) is 0 Å². The highest BCUT2D eigenvalue weighted by molar-refractivity contribution is 7.85. The second kappa shape index (κ2) is 5.24. The summed E-state index contributed by atoms with van der Waals surface area (Å²) in [6.07, 6.45) is 4.91. The Bertz CT molecular complexity index is 176. The van der Waals surface area contributed by atoms with Crippen molar-refractivity contribution in [2.45, 2.75) is 37.9 Å². The molecule has 0 aliphatic carbocycles. The Labute approximate surface area is 87.6 Å². The quantitative estimate of drug-likeness (QED) is 0.708. The lowest BCUT2D eigenvalue weighted by molar-refractivity contribution is 0.123. The van der Waals surface area contributed by atoms with E-state index in [0.29, 0.717) is 11.5 Å². The van der Waals surface area contributed by atoms with Crippen molar-refractivity contribution in [3.63, 3.8) is 0 Å². The predicted molar refractivity (Wildman–Crippen MR) is 55.8 cm³/mol. The molecule has 0 aromatic carbocycles. The van der Waals surface area contributed by atoms with E-state index in [9.17, 15) is 4.21 Å². The molecule has 2 saturated heterocycles. The molecule has 0 bridgehead atoms. The zero-order chi connectivity index (χ0) is 9.80. The van der Waals surface area contributed by atoms with Gasteiger partial charge in [-0.25, -0.2) is 0 Å². The van der Waals surface area contributed by atoms with Crippen molar-refractivity contribution in [3.8, 4) is 0 Å².